The number of hydrogen-bond donors (Lipinski definition) is 0. The predicted molar refractivity (Wildman–Crippen MR) is 86.0 cm³/mol. The molecule has 0 amide bonds. The van der Waals surface area contributed by atoms with Crippen LogP contribution >= 0.6 is 22.9 Å². The molecule has 0 saturated carbocycles. The number of nitrogens with zero attached hydrogens (tertiary/aromatic N) is 2. The Morgan fingerprint density at radius 1 is 1.16 bits per heavy atom. The Labute approximate surface area is 125 Å². The van der Waals surface area contributed by atoms with E-state index >= 15 is 0 Å². The van der Waals surface area contributed by atoms with Gasteiger partial charge in [0.15, 0.2) is 0 Å². The van der Waals surface area contributed by atoms with Crippen LogP contribution in [0.4, 0.5) is 0 Å². The van der Waals surface area contributed by atoms with E-state index in [1.807, 2.05) is 17.9 Å². The molecule has 4 heteroatoms. The van der Waals surface area contributed by atoms with Crippen molar-refractivity contribution < 1.29 is 0 Å². The summed E-state index contributed by atoms with van der Waals surface area (Å²) in [5.74, 6) is 2.14. The standard InChI is InChI=1S/C8H13NS.C7H11NS/c1-6(2)7(3)8-4-5-9-10-8;1-6(2)3-7-4-8-5-9-7/h4-7H,1-3H3;4-6H,3H2,1-2H3. The number of rotatable bonds is 4. The van der Waals surface area contributed by atoms with Crippen molar-refractivity contribution in [3.05, 3.63) is 33.7 Å². The SMILES string of the molecule is CC(C)C(C)c1ccns1.CC(C)Cc1cncs1. The molecule has 19 heavy (non-hydrogen) atoms. The summed E-state index contributed by atoms with van der Waals surface area (Å²) >= 11 is 3.35. The fraction of sp³-hybridized carbons (Fsp3) is 0.600. The molecule has 0 aliphatic carbocycles. The number of hydrogen-bond acceptors (Lipinski definition) is 4. The molecule has 0 aliphatic rings. The van der Waals surface area contributed by atoms with Crippen LogP contribution in [0.2, 0.25) is 0 Å². The third kappa shape index (κ3) is 6.30. The van der Waals surface area contributed by atoms with Crippen molar-refractivity contribution in [1.82, 2.24) is 9.36 Å². The van der Waals surface area contributed by atoms with E-state index in [9.17, 15) is 0 Å². The molecule has 106 valence electrons. The summed E-state index contributed by atoms with van der Waals surface area (Å²) in [6, 6.07) is 2.11. The van der Waals surface area contributed by atoms with Gasteiger partial charge >= 0.3 is 0 Å². The normalized spacial score (nSPS) is 12.4. The van der Waals surface area contributed by atoms with Gasteiger partial charge in [0.2, 0.25) is 0 Å². The highest BCUT2D eigenvalue weighted by Crippen LogP contribution is 2.25. The second-order valence-electron chi connectivity index (χ2n) is 5.51. The molecule has 2 heterocycles. The molecule has 2 aromatic heterocycles. The van der Waals surface area contributed by atoms with E-state index in [0.717, 1.165) is 11.8 Å². The smallest absolute Gasteiger partial charge is 0.0794 e. The van der Waals surface area contributed by atoms with E-state index in [4.69, 9.17) is 0 Å². The topological polar surface area (TPSA) is 25.8 Å². The summed E-state index contributed by atoms with van der Waals surface area (Å²) < 4.78 is 4.07. The van der Waals surface area contributed by atoms with Crippen molar-refractivity contribution in [3.63, 3.8) is 0 Å². The lowest BCUT2D eigenvalue weighted by molar-refractivity contribution is 0.542. The minimum Gasteiger partial charge on any atom is -0.253 e. The van der Waals surface area contributed by atoms with Gasteiger partial charge < -0.3 is 0 Å². The van der Waals surface area contributed by atoms with Gasteiger partial charge in [-0.15, -0.1) is 11.3 Å². The highest BCUT2D eigenvalue weighted by Gasteiger charge is 2.10. The Hall–Kier alpha value is -0.740. The van der Waals surface area contributed by atoms with Gasteiger partial charge in [-0.1, -0.05) is 34.6 Å². The maximum atomic E-state index is 4.07. The van der Waals surface area contributed by atoms with Crippen LogP contribution in [0.3, 0.4) is 0 Å². The lowest BCUT2D eigenvalue weighted by atomic mass is 9.97. The molecule has 0 radical (unpaired) electrons. The van der Waals surface area contributed by atoms with Gasteiger partial charge in [-0.3, -0.25) is 4.98 Å². The quantitative estimate of drug-likeness (QED) is 0.770. The molecule has 2 nitrogen and oxygen atoms in total. The Balaban J connectivity index is 0.000000191. The third-order valence-electron chi connectivity index (χ3n) is 3.00. The van der Waals surface area contributed by atoms with E-state index in [-0.39, 0.29) is 0 Å². The predicted octanol–water partition coefficient (Wildman–Crippen LogP) is 5.24. The van der Waals surface area contributed by atoms with E-state index < -0.39 is 0 Å². The molecule has 0 spiro atoms. The van der Waals surface area contributed by atoms with Crippen LogP contribution < -0.4 is 0 Å². The Morgan fingerprint density at radius 3 is 2.32 bits per heavy atom. The Morgan fingerprint density at radius 2 is 1.89 bits per heavy atom. The van der Waals surface area contributed by atoms with Crippen LogP contribution in [0.5, 0.6) is 0 Å². The molecular weight excluding hydrogens is 272 g/mol. The molecule has 0 fully saturated rings. The van der Waals surface area contributed by atoms with Crippen molar-refractivity contribution in [1.29, 1.82) is 0 Å². The molecule has 1 unspecified atom stereocenters. The fourth-order valence-electron chi connectivity index (χ4n) is 1.53. The van der Waals surface area contributed by atoms with E-state index in [1.165, 1.54) is 16.2 Å². The molecule has 0 aliphatic heterocycles. The van der Waals surface area contributed by atoms with Gasteiger partial charge in [0.05, 0.1) is 5.51 Å². The first kappa shape index (κ1) is 16.3. The highest BCUT2D eigenvalue weighted by atomic mass is 32.1. The molecule has 0 bridgehead atoms. The first-order valence-electron chi connectivity index (χ1n) is 6.78. The summed E-state index contributed by atoms with van der Waals surface area (Å²) in [6.45, 7) is 11.2. The van der Waals surface area contributed by atoms with Gasteiger partial charge in [-0.25, -0.2) is 4.37 Å². The zero-order valence-corrected chi connectivity index (χ0v) is 14.1. The van der Waals surface area contributed by atoms with Crippen molar-refractivity contribution in [2.24, 2.45) is 11.8 Å². The summed E-state index contributed by atoms with van der Waals surface area (Å²) in [6.07, 6.45) is 4.99. The third-order valence-corrected chi connectivity index (χ3v) is 4.75. The first-order valence-corrected chi connectivity index (χ1v) is 8.44. The summed E-state index contributed by atoms with van der Waals surface area (Å²) in [4.78, 5) is 6.79. The zero-order valence-electron chi connectivity index (χ0n) is 12.5. The van der Waals surface area contributed by atoms with Crippen molar-refractivity contribution in [2.45, 2.75) is 47.0 Å². The van der Waals surface area contributed by atoms with Crippen molar-refractivity contribution >= 4 is 22.9 Å². The first-order chi connectivity index (χ1) is 9.00. The van der Waals surface area contributed by atoms with Gasteiger partial charge in [-0.05, 0) is 41.8 Å². The Bertz CT molecular complexity index is 419. The van der Waals surface area contributed by atoms with Crippen LogP contribution in [0, 0.1) is 11.8 Å². The zero-order chi connectivity index (χ0) is 14.3. The fourth-order valence-corrected chi connectivity index (χ4v) is 3.15. The van der Waals surface area contributed by atoms with Crippen LogP contribution in [-0.4, -0.2) is 9.36 Å². The second-order valence-corrected chi connectivity index (χ2v) is 7.35. The maximum Gasteiger partial charge on any atom is 0.0794 e. The maximum absolute atomic E-state index is 4.07. The van der Waals surface area contributed by atoms with E-state index in [0.29, 0.717) is 5.92 Å². The highest BCUT2D eigenvalue weighted by molar-refractivity contribution is 7.09. The van der Waals surface area contributed by atoms with Gasteiger partial charge in [0, 0.05) is 22.1 Å². The van der Waals surface area contributed by atoms with E-state index in [1.54, 1.807) is 22.9 Å². The molecule has 0 aromatic carbocycles. The van der Waals surface area contributed by atoms with Gasteiger partial charge in [0.1, 0.15) is 0 Å². The summed E-state index contributed by atoms with van der Waals surface area (Å²) in [7, 11) is 0. The minimum atomic E-state index is 0.660. The van der Waals surface area contributed by atoms with Crippen LogP contribution in [0.15, 0.2) is 24.0 Å². The van der Waals surface area contributed by atoms with Crippen LogP contribution in [0.25, 0.3) is 0 Å². The Kier molecular flexibility index (Phi) is 7.24. The van der Waals surface area contributed by atoms with Crippen LogP contribution in [0.1, 0.15) is 50.3 Å². The number of thiazole rings is 1. The molecule has 2 aromatic rings. The number of aromatic nitrogens is 2. The second kappa shape index (κ2) is 8.43. The molecule has 0 N–H and O–H groups in total. The molecule has 1 atom stereocenters. The van der Waals surface area contributed by atoms with Gasteiger partial charge in [-0.2, -0.15) is 0 Å². The summed E-state index contributed by atoms with van der Waals surface area (Å²) in [5.41, 5.74) is 1.89. The lowest BCUT2D eigenvalue weighted by Crippen LogP contribution is -1.98. The molecular formula is C15H24N2S2. The van der Waals surface area contributed by atoms with E-state index in [2.05, 4.69) is 50.0 Å². The minimum absolute atomic E-state index is 0.660. The average molecular weight is 297 g/mol. The molecule has 2 rings (SSSR count). The van der Waals surface area contributed by atoms with Crippen molar-refractivity contribution in [2.75, 3.05) is 0 Å². The summed E-state index contributed by atoms with van der Waals surface area (Å²) in [5, 5.41) is 0. The average Bonchev–Trinajstić information content (AvgIpc) is 2.99. The largest absolute Gasteiger partial charge is 0.253 e. The lowest BCUT2D eigenvalue weighted by Gasteiger charge is -2.11. The van der Waals surface area contributed by atoms with Crippen LogP contribution in [-0.2, 0) is 6.42 Å². The van der Waals surface area contributed by atoms with Gasteiger partial charge in [0.25, 0.3) is 0 Å². The van der Waals surface area contributed by atoms with Crippen molar-refractivity contribution in [3.8, 4) is 0 Å². The monoisotopic (exact) mass is 296 g/mol. The molecule has 0 saturated heterocycles.